The molecule has 2 aromatic rings. The molecule has 6 nitrogen and oxygen atoms in total. The van der Waals surface area contributed by atoms with Crippen LogP contribution in [-0.4, -0.2) is 12.0 Å². The second kappa shape index (κ2) is 5.48. The van der Waals surface area contributed by atoms with Crippen molar-refractivity contribution >= 4 is 22.7 Å². The summed E-state index contributed by atoms with van der Waals surface area (Å²) < 4.78 is 5.19. The summed E-state index contributed by atoms with van der Waals surface area (Å²) in [6.45, 7) is 1.94. The van der Waals surface area contributed by atoms with Crippen molar-refractivity contribution in [2.45, 2.75) is 6.92 Å². The molecule has 0 saturated carbocycles. The van der Waals surface area contributed by atoms with Gasteiger partial charge in [-0.25, -0.2) is 0 Å². The van der Waals surface area contributed by atoms with E-state index in [-0.39, 0.29) is 11.4 Å². The molecule has 0 aliphatic heterocycles. The molecular weight excluding hydrogens is 258 g/mol. The van der Waals surface area contributed by atoms with Crippen LogP contribution in [0.1, 0.15) is 5.56 Å². The molecule has 0 saturated heterocycles. The van der Waals surface area contributed by atoms with Gasteiger partial charge in [-0.3, -0.25) is 10.1 Å². The fraction of sp³-hybridized carbons (Fsp3) is 0.143. The van der Waals surface area contributed by atoms with E-state index in [0.29, 0.717) is 5.69 Å². The van der Waals surface area contributed by atoms with E-state index in [2.05, 4.69) is 5.32 Å². The molecule has 0 atom stereocenters. The predicted octanol–water partition coefficient (Wildman–Crippen LogP) is 3.24. The fourth-order valence-corrected chi connectivity index (χ4v) is 1.92. The number of ether oxygens (including phenoxy) is 1. The molecule has 0 aliphatic rings. The van der Waals surface area contributed by atoms with Crippen LogP contribution in [0.4, 0.5) is 22.7 Å². The van der Waals surface area contributed by atoms with Crippen LogP contribution in [0.5, 0.6) is 5.75 Å². The molecule has 6 heteroatoms. The van der Waals surface area contributed by atoms with E-state index in [1.165, 1.54) is 12.1 Å². The van der Waals surface area contributed by atoms with Crippen molar-refractivity contribution < 1.29 is 9.66 Å². The first-order chi connectivity index (χ1) is 9.51. The Bertz CT molecular complexity index is 656. The van der Waals surface area contributed by atoms with Crippen molar-refractivity contribution in [3.8, 4) is 5.75 Å². The minimum absolute atomic E-state index is 0.0959. The van der Waals surface area contributed by atoms with Gasteiger partial charge in [0.05, 0.1) is 12.0 Å². The maximum absolute atomic E-state index is 10.7. The Morgan fingerprint density at radius 1 is 1.20 bits per heavy atom. The molecule has 0 heterocycles. The zero-order chi connectivity index (χ0) is 14.7. The molecule has 0 bridgehead atoms. The topological polar surface area (TPSA) is 90.4 Å². The van der Waals surface area contributed by atoms with Gasteiger partial charge in [0.25, 0.3) is 5.69 Å². The Hall–Kier alpha value is -2.76. The zero-order valence-electron chi connectivity index (χ0n) is 11.2. The average Bonchev–Trinajstić information content (AvgIpc) is 2.38. The van der Waals surface area contributed by atoms with Gasteiger partial charge in [0.15, 0.2) is 0 Å². The van der Waals surface area contributed by atoms with Crippen molar-refractivity contribution in [1.29, 1.82) is 0 Å². The summed E-state index contributed by atoms with van der Waals surface area (Å²) in [5, 5.41) is 13.8. The van der Waals surface area contributed by atoms with Gasteiger partial charge in [-0.1, -0.05) is 0 Å². The lowest BCUT2D eigenvalue weighted by molar-refractivity contribution is -0.383. The van der Waals surface area contributed by atoms with Crippen LogP contribution in [0.2, 0.25) is 0 Å². The van der Waals surface area contributed by atoms with Gasteiger partial charge in [0, 0.05) is 17.4 Å². The van der Waals surface area contributed by atoms with Crippen molar-refractivity contribution in [3.63, 3.8) is 0 Å². The first kappa shape index (κ1) is 13.7. The Balaban J connectivity index is 2.24. The lowest BCUT2D eigenvalue weighted by Crippen LogP contribution is -1.98. The van der Waals surface area contributed by atoms with Crippen LogP contribution in [0.15, 0.2) is 36.4 Å². The summed E-state index contributed by atoms with van der Waals surface area (Å²) in [5.41, 5.74) is 8.23. The number of nitrogens with zero attached hydrogens (tertiary/aromatic N) is 1. The Morgan fingerprint density at radius 3 is 2.40 bits per heavy atom. The number of nitro groups is 1. The summed E-state index contributed by atoms with van der Waals surface area (Å²) in [6.07, 6.45) is 0. The van der Waals surface area contributed by atoms with Crippen molar-refractivity contribution in [2.75, 3.05) is 18.2 Å². The number of hydrogen-bond acceptors (Lipinski definition) is 5. The maximum Gasteiger partial charge on any atom is 0.292 e. The standard InChI is InChI=1S/C14H15N3O3/c1-9-7-10(4-6-14(9)20-2)16-11-3-5-13(17(18)19)12(15)8-11/h3-8,16H,15H2,1-2H3. The molecule has 0 aliphatic carbocycles. The summed E-state index contributed by atoms with van der Waals surface area (Å²) in [5.74, 6) is 0.804. The van der Waals surface area contributed by atoms with Crippen LogP contribution < -0.4 is 15.8 Å². The highest BCUT2D eigenvalue weighted by atomic mass is 16.6. The number of nitrogen functional groups attached to an aromatic ring is 1. The first-order valence-electron chi connectivity index (χ1n) is 5.97. The monoisotopic (exact) mass is 273 g/mol. The van der Waals surface area contributed by atoms with E-state index in [0.717, 1.165) is 17.0 Å². The number of hydrogen-bond donors (Lipinski definition) is 2. The molecule has 0 amide bonds. The molecule has 0 unspecified atom stereocenters. The van der Waals surface area contributed by atoms with Crippen LogP contribution in [-0.2, 0) is 0 Å². The predicted molar refractivity (Wildman–Crippen MR) is 78.5 cm³/mol. The minimum atomic E-state index is -0.503. The van der Waals surface area contributed by atoms with Gasteiger partial charge in [-0.2, -0.15) is 0 Å². The van der Waals surface area contributed by atoms with Gasteiger partial charge in [0.2, 0.25) is 0 Å². The number of rotatable bonds is 4. The number of methoxy groups -OCH3 is 1. The van der Waals surface area contributed by atoms with E-state index >= 15 is 0 Å². The number of aryl methyl sites for hydroxylation is 1. The first-order valence-corrected chi connectivity index (χ1v) is 5.97. The lowest BCUT2D eigenvalue weighted by Gasteiger charge is -2.10. The zero-order valence-corrected chi connectivity index (χ0v) is 11.2. The SMILES string of the molecule is COc1ccc(Nc2ccc([N+](=O)[O-])c(N)c2)cc1C. The Morgan fingerprint density at radius 2 is 1.85 bits per heavy atom. The van der Waals surface area contributed by atoms with Gasteiger partial charge < -0.3 is 15.8 Å². The van der Waals surface area contributed by atoms with E-state index in [1.54, 1.807) is 13.2 Å². The molecule has 0 aromatic heterocycles. The molecule has 0 spiro atoms. The summed E-state index contributed by atoms with van der Waals surface area (Å²) in [4.78, 5) is 10.2. The largest absolute Gasteiger partial charge is 0.496 e. The van der Waals surface area contributed by atoms with Gasteiger partial charge >= 0.3 is 0 Å². The van der Waals surface area contributed by atoms with E-state index in [9.17, 15) is 10.1 Å². The smallest absolute Gasteiger partial charge is 0.292 e. The van der Waals surface area contributed by atoms with E-state index in [1.807, 2.05) is 25.1 Å². The lowest BCUT2D eigenvalue weighted by atomic mass is 10.2. The second-order valence-corrected chi connectivity index (χ2v) is 4.34. The van der Waals surface area contributed by atoms with Crippen molar-refractivity contribution in [2.24, 2.45) is 0 Å². The fourth-order valence-electron chi connectivity index (χ4n) is 1.92. The molecule has 3 N–H and O–H groups in total. The molecular formula is C14H15N3O3. The third-order valence-corrected chi connectivity index (χ3v) is 2.91. The molecule has 20 heavy (non-hydrogen) atoms. The molecule has 0 radical (unpaired) electrons. The van der Waals surface area contributed by atoms with Gasteiger partial charge in [-0.05, 0) is 42.8 Å². The quantitative estimate of drug-likeness (QED) is 0.507. The third-order valence-electron chi connectivity index (χ3n) is 2.91. The Kier molecular flexibility index (Phi) is 3.74. The summed E-state index contributed by atoms with van der Waals surface area (Å²) in [6, 6.07) is 10.2. The Labute approximate surface area is 116 Å². The molecule has 0 fully saturated rings. The highest BCUT2D eigenvalue weighted by molar-refractivity contribution is 5.70. The number of benzene rings is 2. The van der Waals surface area contributed by atoms with E-state index < -0.39 is 4.92 Å². The van der Waals surface area contributed by atoms with Gasteiger partial charge in [0.1, 0.15) is 11.4 Å². The molecule has 104 valence electrons. The molecule has 2 aromatic carbocycles. The summed E-state index contributed by atoms with van der Waals surface area (Å²) >= 11 is 0. The van der Waals surface area contributed by atoms with Crippen molar-refractivity contribution in [1.82, 2.24) is 0 Å². The highest BCUT2D eigenvalue weighted by Crippen LogP contribution is 2.28. The van der Waals surface area contributed by atoms with Crippen LogP contribution in [0, 0.1) is 17.0 Å². The number of nitrogens with two attached hydrogens (primary N) is 1. The summed E-state index contributed by atoms with van der Waals surface area (Å²) in [7, 11) is 1.62. The number of anilines is 3. The van der Waals surface area contributed by atoms with Crippen LogP contribution in [0.25, 0.3) is 0 Å². The van der Waals surface area contributed by atoms with E-state index in [4.69, 9.17) is 10.5 Å². The van der Waals surface area contributed by atoms with Crippen LogP contribution in [0.3, 0.4) is 0 Å². The van der Waals surface area contributed by atoms with Crippen LogP contribution >= 0.6 is 0 Å². The normalized spacial score (nSPS) is 10.1. The average molecular weight is 273 g/mol. The van der Waals surface area contributed by atoms with Crippen molar-refractivity contribution in [3.05, 3.63) is 52.1 Å². The highest BCUT2D eigenvalue weighted by Gasteiger charge is 2.11. The second-order valence-electron chi connectivity index (χ2n) is 4.34. The number of nitro benzene ring substituents is 1. The molecule has 2 rings (SSSR count). The third kappa shape index (κ3) is 2.80. The van der Waals surface area contributed by atoms with Gasteiger partial charge in [-0.15, -0.1) is 0 Å². The maximum atomic E-state index is 10.7. The minimum Gasteiger partial charge on any atom is -0.496 e. The number of nitrogens with one attached hydrogen (secondary N) is 1.